The fourth-order valence-electron chi connectivity index (χ4n) is 1.22. The zero-order chi connectivity index (χ0) is 12.8. The smallest absolute Gasteiger partial charge is 0.322 e. The molecular weight excluding hydrogens is 226 g/mol. The third kappa shape index (κ3) is 4.58. The van der Waals surface area contributed by atoms with Crippen molar-refractivity contribution in [1.29, 1.82) is 0 Å². The Balaban J connectivity index is 2.53. The van der Waals surface area contributed by atoms with Gasteiger partial charge in [-0.1, -0.05) is 13.8 Å². The molecule has 0 aliphatic rings. The van der Waals surface area contributed by atoms with Crippen LogP contribution in [0.5, 0.6) is 0 Å². The summed E-state index contributed by atoms with van der Waals surface area (Å²) in [7, 11) is 0. The third-order valence-electron chi connectivity index (χ3n) is 1.90. The molecule has 17 heavy (non-hydrogen) atoms. The van der Waals surface area contributed by atoms with E-state index in [4.69, 9.17) is 5.11 Å². The predicted molar refractivity (Wildman–Crippen MR) is 57.0 cm³/mol. The number of carbonyl (C=O) groups is 2. The molecule has 0 aromatic carbocycles. The molecule has 0 radical (unpaired) electrons. The fraction of sp³-hybridized carbons (Fsp3) is 0.667. The van der Waals surface area contributed by atoms with Crippen molar-refractivity contribution in [2.45, 2.75) is 26.8 Å². The molecule has 8 heteroatoms. The Hall–Kier alpha value is -1.99. The summed E-state index contributed by atoms with van der Waals surface area (Å²) in [6.45, 7) is 4.24. The lowest BCUT2D eigenvalue weighted by Crippen LogP contribution is -2.31. The van der Waals surface area contributed by atoms with Gasteiger partial charge in [-0.2, -0.15) is 0 Å². The van der Waals surface area contributed by atoms with Crippen LogP contribution in [0.15, 0.2) is 0 Å². The minimum atomic E-state index is -1.08. The van der Waals surface area contributed by atoms with Gasteiger partial charge in [-0.25, -0.2) is 4.68 Å². The summed E-state index contributed by atoms with van der Waals surface area (Å²) in [5, 5.41) is 21.6. The molecule has 2 N–H and O–H groups in total. The van der Waals surface area contributed by atoms with Crippen LogP contribution in [-0.4, -0.2) is 43.7 Å². The van der Waals surface area contributed by atoms with Gasteiger partial charge in [0.2, 0.25) is 5.91 Å². The molecule has 0 atom stereocenters. The molecule has 0 spiro atoms. The van der Waals surface area contributed by atoms with Crippen molar-refractivity contribution in [3.8, 4) is 0 Å². The van der Waals surface area contributed by atoms with Crippen molar-refractivity contribution in [3.63, 3.8) is 0 Å². The van der Waals surface area contributed by atoms with Crippen molar-refractivity contribution in [3.05, 3.63) is 5.82 Å². The summed E-state index contributed by atoms with van der Waals surface area (Å²) in [5.41, 5.74) is 0. The van der Waals surface area contributed by atoms with E-state index in [0.29, 0.717) is 18.3 Å². The second-order valence-electron chi connectivity index (χ2n) is 4.02. The zero-order valence-electron chi connectivity index (χ0n) is 9.75. The summed E-state index contributed by atoms with van der Waals surface area (Å²) < 4.78 is 1.55. The minimum absolute atomic E-state index is 0.0208. The number of carbonyl (C=O) groups excluding carboxylic acids is 1. The largest absolute Gasteiger partial charge is 0.480 e. The fourth-order valence-corrected chi connectivity index (χ4v) is 1.22. The van der Waals surface area contributed by atoms with Crippen LogP contribution in [0.4, 0.5) is 0 Å². The topological polar surface area (TPSA) is 110 Å². The van der Waals surface area contributed by atoms with Gasteiger partial charge in [0.15, 0.2) is 5.82 Å². The lowest BCUT2D eigenvalue weighted by atomic mass is 10.2. The Labute approximate surface area is 98.0 Å². The van der Waals surface area contributed by atoms with E-state index in [-0.39, 0.29) is 6.42 Å². The van der Waals surface area contributed by atoms with E-state index in [1.807, 2.05) is 13.8 Å². The van der Waals surface area contributed by atoms with Gasteiger partial charge in [0.25, 0.3) is 0 Å². The molecule has 0 aliphatic carbocycles. The van der Waals surface area contributed by atoms with Crippen LogP contribution in [0.25, 0.3) is 0 Å². The molecule has 1 amide bonds. The Kier molecular flexibility index (Phi) is 4.56. The van der Waals surface area contributed by atoms with E-state index in [1.54, 1.807) is 4.68 Å². The number of hydrogen-bond acceptors (Lipinski definition) is 5. The average molecular weight is 241 g/mol. The lowest BCUT2D eigenvalue weighted by molar-refractivity contribution is -0.137. The monoisotopic (exact) mass is 241 g/mol. The first kappa shape index (κ1) is 13.1. The summed E-state index contributed by atoms with van der Waals surface area (Å²) in [5.74, 6) is -0.701. The van der Waals surface area contributed by atoms with Crippen molar-refractivity contribution in [2.24, 2.45) is 5.92 Å². The molecule has 1 aromatic rings. The van der Waals surface area contributed by atoms with Gasteiger partial charge in [0.1, 0.15) is 6.54 Å². The number of aliphatic carboxylic acids is 1. The standard InChI is InChI=1S/C9H15N5O3/c1-6(2)5-14-7(11-12-13-14)3-8(15)10-4-9(16)17/h6H,3-5H2,1-2H3,(H,10,15)(H,16,17). The van der Waals surface area contributed by atoms with E-state index in [0.717, 1.165) is 0 Å². The molecule has 0 aliphatic heterocycles. The van der Waals surface area contributed by atoms with Gasteiger partial charge in [-0.15, -0.1) is 5.10 Å². The number of aromatic nitrogens is 4. The van der Waals surface area contributed by atoms with Gasteiger partial charge >= 0.3 is 5.97 Å². The van der Waals surface area contributed by atoms with Crippen LogP contribution in [0.1, 0.15) is 19.7 Å². The first-order chi connectivity index (χ1) is 7.99. The Bertz CT molecular complexity index is 401. The molecule has 0 unspecified atom stereocenters. The van der Waals surface area contributed by atoms with Crippen molar-refractivity contribution in [1.82, 2.24) is 25.5 Å². The van der Waals surface area contributed by atoms with Gasteiger partial charge in [-0.05, 0) is 16.3 Å². The van der Waals surface area contributed by atoms with Crippen LogP contribution in [-0.2, 0) is 22.6 Å². The first-order valence-corrected chi connectivity index (χ1v) is 5.22. The van der Waals surface area contributed by atoms with Crippen molar-refractivity contribution >= 4 is 11.9 Å². The second kappa shape index (κ2) is 5.92. The average Bonchev–Trinajstić information content (AvgIpc) is 2.62. The molecular formula is C9H15N5O3. The molecule has 0 saturated heterocycles. The highest BCUT2D eigenvalue weighted by atomic mass is 16.4. The van der Waals surface area contributed by atoms with E-state index in [1.165, 1.54) is 0 Å². The summed E-state index contributed by atoms with van der Waals surface area (Å²) in [4.78, 5) is 21.6. The summed E-state index contributed by atoms with van der Waals surface area (Å²) >= 11 is 0. The van der Waals surface area contributed by atoms with Gasteiger partial charge in [0, 0.05) is 6.54 Å². The van der Waals surface area contributed by atoms with Gasteiger partial charge in [-0.3, -0.25) is 9.59 Å². The van der Waals surface area contributed by atoms with Crippen LogP contribution >= 0.6 is 0 Å². The molecule has 1 heterocycles. The number of hydrogen-bond donors (Lipinski definition) is 2. The normalized spacial score (nSPS) is 10.5. The predicted octanol–water partition coefficient (Wildman–Crippen LogP) is -0.928. The molecule has 94 valence electrons. The maximum Gasteiger partial charge on any atom is 0.322 e. The highest BCUT2D eigenvalue weighted by Gasteiger charge is 2.12. The second-order valence-corrected chi connectivity index (χ2v) is 4.02. The van der Waals surface area contributed by atoms with Gasteiger partial charge in [0.05, 0.1) is 6.42 Å². The van der Waals surface area contributed by atoms with E-state index in [2.05, 4.69) is 20.8 Å². The summed E-state index contributed by atoms with van der Waals surface area (Å²) in [6.07, 6.45) is -0.0208. The minimum Gasteiger partial charge on any atom is -0.480 e. The highest BCUT2D eigenvalue weighted by Crippen LogP contribution is 2.00. The van der Waals surface area contributed by atoms with Crippen molar-refractivity contribution in [2.75, 3.05) is 6.54 Å². The Morgan fingerprint density at radius 2 is 2.18 bits per heavy atom. The Morgan fingerprint density at radius 3 is 2.76 bits per heavy atom. The number of tetrazole rings is 1. The van der Waals surface area contributed by atoms with Crippen LogP contribution in [0, 0.1) is 5.92 Å². The molecule has 0 saturated carbocycles. The number of rotatable bonds is 6. The van der Waals surface area contributed by atoms with E-state index >= 15 is 0 Å². The zero-order valence-corrected chi connectivity index (χ0v) is 9.75. The number of carboxylic acids is 1. The summed E-state index contributed by atoms with van der Waals surface area (Å²) in [6, 6.07) is 0. The van der Waals surface area contributed by atoms with Crippen LogP contribution in [0.2, 0.25) is 0 Å². The SMILES string of the molecule is CC(C)Cn1nnnc1CC(=O)NCC(=O)O. The number of carboxylic acid groups (broad SMARTS) is 1. The highest BCUT2D eigenvalue weighted by molar-refractivity contribution is 5.82. The number of nitrogens with zero attached hydrogens (tertiary/aromatic N) is 4. The Morgan fingerprint density at radius 1 is 1.47 bits per heavy atom. The third-order valence-corrected chi connectivity index (χ3v) is 1.90. The molecule has 0 fully saturated rings. The lowest BCUT2D eigenvalue weighted by Gasteiger charge is -2.06. The van der Waals surface area contributed by atoms with Crippen LogP contribution in [0.3, 0.4) is 0 Å². The molecule has 0 bridgehead atoms. The molecule has 8 nitrogen and oxygen atoms in total. The van der Waals surface area contributed by atoms with Crippen LogP contribution < -0.4 is 5.32 Å². The first-order valence-electron chi connectivity index (χ1n) is 5.22. The number of amides is 1. The number of nitrogens with one attached hydrogen (secondary N) is 1. The maximum absolute atomic E-state index is 11.4. The van der Waals surface area contributed by atoms with Gasteiger partial charge < -0.3 is 10.4 Å². The molecule has 1 rings (SSSR count). The maximum atomic E-state index is 11.4. The molecule has 1 aromatic heterocycles. The van der Waals surface area contributed by atoms with E-state index < -0.39 is 18.4 Å². The van der Waals surface area contributed by atoms with E-state index in [9.17, 15) is 9.59 Å². The quantitative estimate of drug-likeness (QED) is 0.666. The van der Waals surface area contributed by atoms with Crippen molar-refractivity contribution < 1.29 is 14.7 Å².